The van der Waals surface area contributed by atoms with Crippen LogP contribution in [0.4, 0.5) is 5.69 Å². The SMILES string of the molecule is CCC(C(=O)NC(C)(C)C)N(Cc1ccccc1Cl)C(=O)CN(c1cc(C)cc(C)c1)S(=O)(=O)c1ccccc1. The number of rotatable bonds is 10. The number of carbonyl (C=O) groups is 2. The number of nitrogens with zero attached hydrogens (tertiary/aromatic N) is 2. The molecular formula is C31H38ClN3O4S. The van der Waals surface area contributed by atoms with E-state index in [2.05, 4.69) is 5.32 Å². The lowest BCUT2D eigenvalue weighted by Crippen LogP contribution is -2.55. The van der Waals surface area contributed by atoms with Crippen LogP contribution in [0.3, 0.4) is 0 Å². The van der Waals surface area contributed by atoms with Crippen LogP contribution in [0.2, 0.25) is 5.02 Å². The highest BCUT2D eigenvalue weighted by Crippen LogP contribution is 2.27. The van der Waals surface area contributed by atoms with Crippen molar-refractivity contribution in [1.82, 2.24) is 10.2 Å². The van der Waals surface area contributed by atoms with Gasteiger partial charge in [0, 0.05) is 17.1 Å². The van der Waals surface area contributed by atoms with Crippen LogP contribution in [0.1, 0.15) is 50.8 Å². The van der Waals surface area contributed by atoms with Gasteiger partial charge in [-0.1, -0.05) is 61.0 Å². The highest BCUT2D eigenvalue weighted by atomic mass is 35.5. The minimum absolute atomic E-state index is 0.0423. The van der Waals surface area contributed by atoms with E-state index in [1.165, 1.54) is 17.0 Å². The van der Waals surface area contributed by atoms with Gasteiger partial charge in [0.05, 0.1) is 10.6 Å². The Morgan fingerprint density at radius 3 is 2.05 bits per heavy atom. The van der Waals surface area contributed by atoms with Gasteiger partial charge in [-0.05, 0) is 88.1 Å². The summed E-state index contributed by atoms with van der Waals surface area (Å²) in [6.07, 6.45) is 0.326. The Balaban J connectivity index is 2.11. The van der Waals surface area contributed by atoms with Gasteiger partial charge < -0.3 is 10.2 Å². The number of benzene rings is 3. The summed E-state index contributed by atoms with van der Waals surface area (Å²) in [5.41, 5.74) is 2.23. The predicted octanol–water partition coefficient (Wildman–Crippen LogP) is 5.87. The summed E-state index contributed by atoms with van der Waals surface area (Å²) in [5.74, 6) is -0.839. The molecule has 214 valence electrons. The summed E-state index contributed by atoms with van der Waals surface area (Å²) in [5, 5.41) is 3.42. The van der Waals surface area contributed by atoms with Gasteiger partial charge in [0.1, 0.15) is 12.6 Å². The monoisotopic (exact) mass is 583 g/mol. The predicted molar refractivity (Wildman–Crippen MR) is 161 cm³/mol. The molecule has 1 atom stereocenters. The van der Waals surface area contributed by atoms with Gasteiger partial charge in [0.25, 0.3) is 10.0 Å². The molecule has 2 amide bonds. The van der Waals surface area contributed by atoms with Crippen molar-refractivity contribution in [2.24, 2.45) is 0 Å². The molecule has 0 saturated heterocycles. The van der Waals surface area contributed by atoms with Crippen LogP contribution >= 0.6 is 11.6 Å². The molecule has 1 unspecified atom stereocenters. The first-order valence-corrected chi connectivity index (χ1v) is 15.1. The van der Waals surface area contributed by atoms with Crippen molar-refractivity contribution in [3.63, 3.8) is 0 Å². The summed E-state index contributed by atoms with van der Waals surface area (Å²) in [7, 11) is -4.12. The average Bonchev–Trinajstić information content (AvgIpc) is 2.87. The van der Waals surface area contributed by atoms with Crippen LogP contribution in [-0.4, -0.2) is 43.3 Å². The van der Waals surface area contributed by atoms with Crippen molar-refractivity contribution in [1.29, 1.82) is 0 Å². The van der Waals surface area contributed by atoms with E-state index in [4.69, 9.17) is 11.6 Å². The van der Waals surface area contributed by atoms with Gasteiger partial charge in [-0.3, -0.25) is 13.9 Å². The van der Waals surface area contributed by atoms with E-state index in [1.807, 2.05) is 53.7 Å². The molecule has 0 fully saturated rings. The number of hydrogen-bond acceptors (Lipinski definition) is 4. The molecular weight excluding hydrogens is 546 g/mol. The zero-order chi connectivity index (χ0) is 29.7. The van der Waals surface area contributed by atoms with E-state index in [0.717, 1.165) is 15.4 Å². The molecule has 1 N–H and O–H groups in total. The van der Waals surface area contributed by atoms with Crippen LogP contribution in [0.25, 0.3) is 0 Å². The maximum absolute atomic E-state index is 14.2. The third-order valence-electron chi connectivity index (χ3n) is 6.29. The molecule has 3 aromatic rings. The third kappa shape index (κ3) is 7.86. The van der Waals surface area contributed by atoms with Gasteiger partial charge in [-0.15, -0.1) is 0 Å². The first kappa shape index (κ1) is 31.2. The number of halogens is 1. The van der Waals surface area contributed by atoms with Crippen LogP contribution in [0.15, 0.2) is 77.7 Å². The smallest absolute Gasteiger partial charge is 0.264 e. The Hall–Kier alpha value is -3.36. The maximum atomic E-state index is 14.2. The largest absolute Gasteiger partial charge is 0.350 e. The van der Waals surface area contributed by atoms with Crippen LogP contribution in [-0.2, 0) is 26.2 Å². The molecule has 0 aliphatic heterocycles. The number of nitrogens with one attached hydrogen (secondary N) is 1. The Labute approximate surface area is 243 Å². The molecule has 0 aliphatic rings. The van der Waals surface area contributed by atoms with Crippen LogP contribution in [0, 0.1) is 13.8 Å². The molecule has 7 nitrogen and oxygen atoms in total. The van der Waals surface area contributed by atoms with Gasteiger partial charge in [-0.25, -0.2) is 8.42 Å². The van der Waals surface area contributed by atoms with Gasteiger partial charge in [0.2, 0.25) is 11.8 Å². The lowest BCUT2D eigenvalue weighted by molar-refractivity contribution is -0.141. The molecule has 3 rings (SSSR count). The van der Waals surface area contributed by atoms with Crippen molar-refractivity contribution < 1.29 is 18.0 Å². The number of anilines is 1. The quantitative estimate of drug-likeness (QED) is 0.323. The molecule has 0 bridgehead atoms. The van der Waals surface area contributed by atoms with Crippen molar-refractivity contribution in [3.8, 4) is 0 Å². The maximum Gasteiger partial charge on any atom is 0.264 e. The Bertz CT molecular complexity index is 1430. The molecule has 0 aromatic heterocycles. The highest BCUT2D eigenvalue weighted by Gasteiger charge is 2.35. The lowest BCUT2D eigenvalue weighted by Gasteiger charge is -2.35. The molecule has 0 heterocycles. The van der Waals surface area contributed by atoms with Crippen LogP contribution < -0.4 is 9.62 Å². The molecule has 0 saturated carbocycles. The van der Waals surface area contributed by atoms with E-state index in [1.54, 1.807) is 48.5 Å². The fourth-order valence-electron chi connectivity index (χ4n) is 4.53. The lowest BCUT2D eigenvalue weighted by atomic mass is 10.1. The zero-order valence-electron chi connectivity index (χ0n) is 23.9. The molecule has 0 radical (unpaired) electrons. The van der Waals surface area contributed by atoms with E-state index in [-0.39, 0.29) is 17.3 Å². The number of hydrogen-bond donors (Lipinski definition) is 1. The summed E-state index contributed by atoms with van der Waals surface area (Å²) in [4.78, 5) is 29.1. The molecule has 0 spiro atoms. The minimum atomic E-state index is -4.12. The Morgan fingerprint density at radius 2 is 1.50 bits per heavy atom. The summed E-state index contributed by atoms with van der Waals surface area (Å²) in [6, 6.07) is 19.7. The van der Waals surface area contributed by atoms with E-state index >= 15 is 0 Å². The summed E-state index contributed by atoms with van der Waals surface area (Å²) < 4.78 is 29.0. The second-order valence-electron chi connectivity index (χ2n) is 10.9. The third-order valence-corrected chi connectivity index (χ3v) is 8.44. The van der Waals surface area contributed by atoms with E-state index in [9.17, 15) is 18.0 Å². The first-order chi connectivity index (χ1) is 18.7. The van der Waals surface area contributed by atoms with Gasteiger partial charge in [0.15, 0.2) is 0 Å². The summed E-state index contributed by atoms with van der Waals surface area (Å²) in [6.45, 7) is 10.7. The number of sulfonamides is 1. The van der Waals surface area contributed by atoms with Gasteiger partial charge in [-0.2, -0.15) is 0 Å². The number of aryl methyl sites for hydroxylation is 2. The normalized spacial score (nSPS) is 12.5. The Kier molecular flexibility index (Phi) is 10.0. The van der Waals surface area contributed by atoms with Crippen molar-refractivity contribution in [3.05, 3.63) is 94.5 Å². The van der Waals surface area contributed by atoms with E-state index < -0.39 is 34.1 Å². The topological polar surface area (TPSA) is 86.8 Å². The molecule has 9 heteroatoms. The van der Waals surface area contributed by atoms with Crippen molar-refractivity contribution >= 4 is 39.1 Å². The first-order valence-electron chi connectivity index (χ1n) is 13.2. The highest BCUT2D eigenvalue weighted by molar-refractivity contribution is 7.92. The van der Waals surface area contributed by atoms with E-state index in [0.29, 0.717) is 22.7 Å². The summed E-state index contributed by atoms with van der Waals surface area (Å²) >= 11 is 6.45. The molecule has 40 heavy (non-hydrogen) atoms. The fourth-order valence-corrected chi connectivity index (χ4v) is 6.14. The van der Waals surface area contributed by atoms with Gasteiger partial charge >= 0.3 is 0 Å². The van der Waals surface area contributed by atoms with Crippen molar-refractivity contribution in [2.45, 2.75) is 71.0 Å². The second-order valence-corrected chi connectivity index (χ2v) is 13.2. The van der Waals surface area contributed by atoms with Crippen LogP contribution in [0.5, 0.6) is 0 Å². The average molecular weight is 584 g/mol. The Morgan fingerprint density at radius 1 is 0.925 bits per heavy atom. The molecule has 3 aromatic carbocycles. The number of amides is 2. The standard InChI is InChI=1S/C31H38ClN3O4S/c1-7-28(30(37)33-31(4,5)6)34(20-24-13-11-12-16-27(24)32)29(36)21-35(25-18-22(2)17-23(3)19-25)40(38,39)26-14-9-8-10-15-26/h8-19,28H,7,20-21H2,1-6H3,(H,33,37). The fraction of sp³-hybridized carbons (Fsp3) is 0.355. The second kappa shape index (κ2) is 12.9. The minimum Gasteiger partial charge on any atom is -0.350 e. The molecule has 0 aliphatic carbocycles. The zero-order valence-corrected chi connectivity index (χ0v) is 25.5. The number of carbonyl (C=O) groups excluding carboxylic acids is 2. The van der Waals surface area contributed by atoms with Crippen molar-refractivity contribution in [2.75, 3.05) is 10.8 Å².